The third-order valence-corrected chi connectivity index (χ3v) is 3.06. The number of benzene rings is 1. The molecule has 1 aromatic carbocycles. The first-order valence-electron chi connectivity index (χ1n) is 5.94. The van der Waals surface area contributed by atoms with Crippen LogP contribution in [0.4, 0.5) is 24.5 Å². The highest BCUT2D eigenvalue weighted by Crippen LogP contribution is 2.43. The maximum atomic E-state index is 13.0. The van der Waals surface area contributed by atoms with E-state index in [1.807, 2.05) is 0 Å². The van der Waals surface area contributed by atoms with E-state index in [1.165, 1.54) is 7.11 Å². The third-order valence-electron chi connectivity index (χ3n) is 3.06. The standard InChI is InChI=1S/C12H13F3N3O2.ClH/c1-19-11-7-9(17-16)8(12(13,14)15)6-10(11)18-2-4-20-5-3-18;/h6-7H,2-5H2,1H3;1H/q+1;/p-1. The van der Waals surface area contributed by atoms with Gasteiger partial charge in [0.15, 0.2) is 10.5 Å². The van der Waals surface area contributed by atoms with Crippen LogP contribution in [0.2, 0.25) is 0 Å². The molecule has 0 radical (unpaired) electrons. The first kappa shape index (κ1) is 17.3. The van der Waals surface area contributed by atoms with Gasteiger partial charge in [-0.15, -0.1) is 0 Å². The molecule has 1 aromatic rings. The van der Waals surface area contributed by atoms with Crippen LogP contribution in [0.5, 0.6) is 5.75 Å². The predicted molar refractivity (Wildman–Crippen MR) is 65.8 cm³/mol. The van der Waals surface area contributed by atoms with Crippen molar-refractivity contribution in [1.29, 1.82) is 5.39 Å². The molecule has 0 spiro atoms. The zero-order chi connectivity index (χ0) is 14.8. The number of alkyl halides is 3. The van der Waals surface area contributed by atoms with Gasteiger partial charge in [-0.25, -0.2) is 0 Å². The van der Waals surface area contributed by atoms with Crippen molar-refractivity contribution in [1.82, 2.24) is 0 Å². The normalized spacial score (nSPS) is 15.1. The molecule has 1 aliphatic heterocycles. The zero-order valence-corrected chi connectivity index (χ0v) is 11.9. The van der Waals surface area contributed by atoms with Gasteiger partial charge in [0, 0.05) is 13.1 Å². The van der Waals surface area contributed by atoms with Gasteiger partial charge in [-0.3, -0.25) is 0 Å². The van der Waals surface area contributed by atoms with Crippen molar-refractivity contribution in [3.05, 3.63) is 22.7 Å². The minimum Gasteiger partial charge on any atom is -1.00 e. The van der Waals surface area contributed by atoms with Crippen molar-refractivity contribution in [3.63, 3.8) is 0 Å². The molecular weight excluding hydrogens is 311 g/mol. The van der Waals surface area contributed by atoms with Crippen LogP contribution in [-0.4, -0.2) is 33.4 Å². The highest BCUT2D eigenvalue weighted by molar-refractivity contribution is 5.70. The molecule has 0 unspecified atom stereocenters. The lowest BCUT2D eigenvalue weighted by Crippen LogP contribution is -3.00. The third kappa shape index (κ3) is 3.68. The lowest BCUT2D eigenvalue weighted by Gasteiger charge is -2.30. The summed E-state index contributed by atoms with van der Waals surface area (Å²) in [5.41, 5.74) is -1.25. The van der Waals surface area contributed by atoms with Gasteiger partial charge in [0.25, 0.3) is 0 Å². The SMILES string of the molecule is COc1cc([N+]#N)c(C(F)(F)F)cc1N1CCOCC1.[Cl-]. The van der Waals surface area contributed by atoms with E-state index in [4.69, 9.17) is 14.9 Å². The summed E-state index contributed by atoms with van der Waals surface area (Å²) in [7, 11) is 1.35. The highest BCUT2D eigenvalue weighted by atomic mass is 35.5. The van der Waals surface area contributed by atoms with Crippen molar-refractivity contribution < 1.29 is 35.1 Å². The van der Waals surface area contributed by atoms with Crippen molar-refractivity contribution in [2.45, 2.75) is 6.18 Å². The molecule has 0 aromatic heterocycles. The number of nitrogens with zero attached hydrogens (tertiary/aromatic N) is 3. The fraction of sp³-hybridized carbons (Fsp3) is 0.500. The first-order chi connectivity index (χ1) is 9.47. The molecule has 1 fully saturated rings. The number of halogens is 4. The van der Waals surface area contributed by atoms with E-state index in [1.54, 1.807) is 4.90 Å². The predicted octanol–water partition coefficient (Wildman–Crippen LogP) is 0.0392. The molecule has 0 aliphatic carbocycles. The number of anilines is 1. The average molecular weight is 324 g/mol. The summed E-state index contributed by atoms with van der Waals surface area (Å²) in [5, 5.41) is 8.74. The summed E-state index contributed by atoms with van der Waals surface area (Å²) in [5.74, 6) is 0.229. The molecule has 0 saturated carbocycles. The van der Waals surface area contributed by atoms with E-state index in [9.17, 15) is 13.2 Å². The molecule has 9 heteroatoms. The molecule has 1 aliphatic rings. The first-order valence-corrected chi connectivity index (χ1v) is 5.94. The second-order valence-corrected chi connectivity index (χ2v) is 4.24. The van der Waals surface area contributed by atoms with E-state index in [0.717, 1.165) is 12.1 Å². The molecule has 0 atom stereocenters. The Hall–Kier alpha value is -1.72. The van der Waals surface area contributed by atoms with Gasteiger partial charge in [0.1, 0.15) is 5.75 Å². The van der Waals surface area contributed by atoms with Crippen LogP contribution >= 0.6 is 0 Å². The summed E-state index contributed by atoms with van der Waals surface area (Å²) in [6.07, 6.45) is -4.60. The van der Waals surface area contributed by atoms with Gasteiger partial charge in [0.05, 0.1) is 32.1 Å². The monoisotopic (exact) mass is 323 g/mol. The maximum absolute atomic E-state index is 13.0. The van der Waals surface area contributed by atoms with Crippen LogP contribution < -0.4 is 22.0 Å². The topological polar surface area (TPSA) is 49.8 Å². The van der Waals surface area contributed by atoms with Crippen molar-refractivity contribution >= 4 is 11.4 Å². The minimum atomic E-state index is -4.60. The fourth-order valence-electron chi connectivity index (χ4n) is 2.08. The quantitative estimate of drug-likeness (QED) is 0.721. The molecule has 21 heavy (non-hydrogen) atoms. The van der Waals surface area contributed by atoms with Gasteiger partial charge < -0.3 is 26.8 Å². The van der Waals surface area contributed by atoms with E-state index in [0.29, 0.717) is 32.0 Å². The number of hydrogen-bond donors (Lipinski definition) is 0. The molecule has 116 valence electrons. The number of diazo groups is 1. The fourth-order valence-corrected chi connectivity index (χ4v) is 2.08. The number of rotatable bonds is 2. The van der Waals surface area contributed by atoms with Crippen molar-refractivity contribution in [2.24, 2.45) is 0 Å². The van der Waals surface area contributed by atoms with Crippen molar-refractivity contribution in [3.8, 4) is 5.75 Å². The molecule has 0 N–H and O–H groups in total. The van der Waals surface area contributed by atoms with Crippen LogP contribution in [0, 0.1) is 5.39 Å². The maximum Gasteiger partial charge on any atom is 0.424 e. The zero-order valence-electron chi connectivity index (χ0n) is 11.2. The molecule has 0 amide bonds. The van der Waals surface area contributed by atoms with Gasteiger partial charge >= 0.3 is 11.9 Å². The second-order valence-electron chi connectivity index (χ2n) is 4.24. The molecule has 1 heterocycles. The number of ether oxygens (including phenoxy) is 2. The molecule has 1 saturated heterocycles. The number of hydrogen-bond acceptors (Lipinski definition) is 4. The summed E-state index contributed by atoms with van der Waals surface area (Å²) in [6.45, 7) is 1.83. The van der Waals surface area contributed by atoms with E-state index in [2.05, 4.69) is 4.98 Å². The highest BCUT2D eigenvalue weighted by Gasteiger charge is 2.40. The Labute approximate surface area is 125 Å². The second kappa shape index (κ2) is 6.83. The Morgan fingerprint density at radius 3 is 2.38 bits per heavy atom. The lowest BCUT2D eigenvalue weighted by atomic mass is 10.1. The van der Waals surface area contributed by atoms with Crippen molar-refractivity contribution in [2.75, 3.05) is 38.3 Å². The van der Waals surface area contributed by atoms with Crippen LogP contribution in [0.25, 0.3) is 4.98 Å². The molecule has 5 nitrogen and oxygen atoms in total. The van der Waals surface area contributed by atoms with Gasteiger partial charge in [-0.1, -0.05) is 0 Å². The van der Waals surface area contributed by atoms with E-state index < -0.39 is 17.4 Å². The average Bonchev–Trinajstić information content (AvgIpc) is 2.45. The van der Waals surface area contributed by atoms with Crippen LogP contribution in [0.3, 0.4) is 0 Å². The molecular formula is C12H13ClF3N3O2. The Balaban J connectivity index is 0.00000220. The molecule has 0 bridgehead atoms. The smallest absolute Gasteiger partial charge is 0.424 e. The van der Waals surface area contributed by atoms with E-state index in [-0.39, 0.29) is 18.2 Å². The lowest BCUT2D eigenvalue weighted by molar-refractivity contribution is -0.136. The van der Waals surface area contributed by atoms with Crippen LogP contribution in [0.15, 0.2) is 12.1 Å². The van der Waals surface area contributed by atoms with E-state index >= 15 is 0 Å². The number of morpholine rings is 1. The summed E-state index contributed by atoms with van der Waals surface area (Å²) in [6, 6.07) is 2.02. The summed E-state index contributed by atoms with van der Waals surface area (Å²) < 4.78 is 49.2. The Morgan fingerprint density at radius 1 is 1.29 bits per heavy atom. The van der Waals surface area contributed by atoms with Crippen LogP contribution in [0.1, 0.15) is 5.56 Å². The summed E-state index contributed by atoms with van der Waals surface area (Å²) in [4.78, 5) is 4.44. The van der Waals surface area contributed by atoms with Gasteiger partial charge in [-0.05, 0) is 6.07 Å². The Kier molecular flexibility index (Phi) is 5.63. The van der Waals surface area contributed by atoms with Crippen LogP contribution in [-0.2, 0) is 10.9 Å². The minimum absolute atomic E-state index is 0. The number of methoxy groups -OCH3 is 1. The molecule has 2 rings (SSSR count). The Bertz CT molecular complexity index is 540. The van der Waals surface area contributed by atoms with Gasteiger partial charge in [-0.2, -0.15) is 13.2 Å². The summed E-state index contributed by atoms with van der Waals surface area (Å²) >= 11 is 0. The van der Waals surface area contributed by atoms with Gasteiger partial charge in [0.2, 0.25) is 5.39 Å². The largest absolute Gasteiger partial charge is 1.00 e. The Morgan fingerprint density at radius 2 is 1.90 bits per heavy atom.